The molecule has 0 aromatic heterocycles. The molecule has 21 heavy (non-hydrogen) atoms. The molecule has 0 saturated heterocycles. The fourth-order valence-electron chi connectivity index (χ4n) is 1.60. The van der Waals surface area contributed by atoms with Gasteiger partial charge in [0.2, 0.25) is 0 Å². The van der Waals surface area contributed by atoms with E-state index < -0.39 is 11.7 Å². The zero-order valence-electron chi connectivity index (χ0n) is 10.7. The number of hydrogen-bond donors (Lipinski definition) is 0. The van der Waals surface area contributed by atoms with Gasteiger partial charge in [-0.3, -0.25) is 0 Å². The summed E-state index contributed by atoms with van der Waals surface area (Å²) in [5.41, 5.74) is -0.935. The first kappa shape index (κ1) is 15.8. The predicted octanol–water partition coefficient (Wildman–Crippen LogP) is 5.81. The van der Waals surface area contributed by atoms with Crippen molar-refractivity contribution in [2.45, 2.75) is 6.18 Å². The van der Waals surface area contributed by atoms with Gasteiger partial charge in [0.15, 0.2) is 5.75 Å². The quantitative estimate of drug-likeness (QED) is 0.703. The number of methoxy groups -OCH3 is 1. The number of benzene rings is 2. The summed E-state index contributed by atoms with van der Waals surface area (Å²) in [6.07, 6.45) is -4.53. The molecule has 2 aromatic carbocycles. The highest BCUT2D eigenvalue weighted by molar-refractivity contribution is 6.37. The van der Waals surface area contributed by atoms with Gasteiger partial charge in [0.1, 0.15) is 11.5 Å². The van der Waals surface area contributed by atoms with Crippen LogP contribution in [0, 0.1) is 0 Å². The molecular weight excluding hydrogens is 328 g/mol. The van der Waals surface area contributed by atoms with Crippen molar-refractivity contribution in [1.82, 2.24) is 0 Å². The molecule has 0 radical (unpaired) electrons. The second-order valence-electron chi connectivity index (χ2n) is 4.05. The Balaban J connectivity index is 2.36. The zero-order valence-corrected chi connectivity index (χ0v) is 12.2. The van der Waals surface area contributed by atoms with Gasteiger partial charge in [-0.15, -0.1) is 0 Å². The lowest BCUT2D eigenvalue weighted by molar-refractivity contribution is -0.137. The molecule has 0 amide bonds. The van der Waals surface area contributed by atoms with Crippen LogP contribution < -0.4 is 9.47 Å². The van der Waals surface area contributed by atoms with E-state index in [9.17, 15) is 13.2 Å². The van der Waals surface area contributed by atoms with Crippen LogP contribution in [-0.4, -0.2) is 7.11 Å². The highest BCUT2D eigenvalue weighted by Gasteiger charge is 2.32. The third-order valence-corrected chi connectivity index (χ3v) is 3.15. The van der Waals surface area contributed by atoms with Gasteiger partial charge in [-0.25, -0.2) is 0 Å². The van der Waals surface area contributed by atoms with Crippen molar-refractivity contribution >= 4 is 23.2 Å². The average Bonchev–Trinajstić information content (AvgIpc) is 2.42. The largest absolute Gasteiger partial charge is 0.497 e. The van der Waals surface area contributed by atoms with Crippen LogP contribution in [-0.2, 0) is 6.18 Å². The first-order valence-corrected chi connectivity index (χ1v) is 6.45. The number of rotatable bonds is 3. The Bertz CT molecular complexity index is 634. The second kappa shape index (κ2) is 6.03. The molecule has 0 atom stereocenters. The third-order valence-electron chi connectivity index (χ3n) is 2.59. The van der Waals surface area contributed by atoms with Gasteiger partial charge < -0.3 is 9.47 Å². The Morgan fingerprint density at radius 2 is 1.52 bits per heavy atom. The summed E-state index contributed by atoms with van der Waals surface area (Å²) in [5.74, 6) is 0.837. The van der Waals surface area contributed by atoms with E-state index in [4.69, 9.17) is 32.7 Å². The molecule has 0 spiro atoms. The Labute approximate surface area is 129 Å². The van der Waals surface area contributed by atoms with Crippen LogP contribution in [0.3, 0.4) is 0 Å². The van der Waals surface area contributed by atoms with Gasteiger partial charge in [0.05, 0.1) is 22.7 Å². The van der Waals surface area contributed by atoms with E-state index in [2.05, 4.69) is 0 Å². The average molecular weight is 337 g/mol. The van der Waals surface area contributed by atoms with E-state index in [0.717, 1.165) is 12.1 Å². The van der Waals surface area contributed by atoms with Crippen molar-refractivity contribution in [1.29, 1.82) is 0 Å². The third kappa shape index (κ3) is 3.74. The fourth-order valence-corrected chi connectivity index (χ4v) is 2.17. The summed E-state index contributed by atoms with van der Waals surface area (Å²) in [5, 5.41) is -0.449. The monoisotopic (exact) mass is 336 g/mol. The Morgan fingerprint density at radius 3 is 2.05 bits per heavy atom. The Kier molecular flexibility index (Phi) is 4.54. The summed E-state index contributed by atoms with van der Waals surface area (Å²) in [7, 11) is 1.48. The van der Waals surface area contributed by atoms with Crippen LogP contribution in [0.15, 0.2) is 36.4 Å². The number of halogens is 5. The summed E-state index contributed by atoms with van der Waals surface area (Å²) in [6, 6.07) is 8.06. The van der Waals surface area contributed by atoms with E-state index in [-0.39, 0.29) is 15.8 Å². The van der Waals surface area contributed by atoms with Crippen LogP contribution in [0.1, 0.15) is 5.56 Å². The summed E-state index contributed by atoms with van der Waals surface area (Å²) < 4.78 is 48.4. The van der Waals surface area contributed by atoms with Crippen LogP contribution in [0.4, 0.5) is 13.2 Å². The maximum Gasteiger partial charge on any atom is 0.416 e. The summed E-state index contributed by atoms with van der Waals surface area (Å²) in [4.78, 5) is 0. The van der Waals surface area contributed by atoms with Gasteiger partial charge in [0, 0.05) is 6.07 Å². The van der Waals surface area contributed by atoms with Crippen LogP contribution in [0.25, 0.3) is 0 Å². The standard InChI is InChI=1S/C14H9Cl2F3O2/c1-20-9-3-2-4-10(7-9)21-13-11(15)5-8(6-12(13)16)14(17,18)19/h2-7H,1H3. The molecule has 0 unspecified atom stereocenters. The van der Waals surface area contributed by atoms with Crippen LogP contribution in [0.5, 0.6) is 17.2 Å². The Hall–Kier alpha value is -1.59. The van der Waals surface area contributed by atoms with Gasteiger partial charge in [0.25, 0.3) is 0 Å². The molecule has 0 saturated carbocycles. The first-order valence-electron chi connectivity index (χ1n) is 5.69. The minimum Gasteiger partial charge on any atom is -0.497 e. The molecule has 0 aliphatic rings. The van der Waals surface area contributed by atoms with E-state index in [1.807, 2.05) is 0 Å². The maximum atomic E-state index is 12.6. The highest BCUT2D eigenvalue weighted by Crippen LogP contribution is 2.41. The van der Waals surface area contributed by atoms with Gasteiger partial charge in [-0.05, 0) is 24.3 Å². The molecule has 0 aliphatic carbocycles. The smallest absolute Gasteiger partial charge is 0.416 e. The highest BCUT2D eigenvalue weighted by atomic mass is 35.5. The lowest BCUT2D eigenvalue weighted by Crippen LogP contribution is -2.05. The molecule has 112 valence electrons. The minimum absolute atomic E-state index is 0.0420. The Morgan fingerprint density at radius 1 is 0.952 bits per heavy atom. The molecule has 7 heteroatoms. The van der Waals surface area contributed by atoms with Crippen LogP contribution >= 0.6 is 23.2 Å². The lowest BCUT2D eigenvalue weighted by atomic mass is 10.2. The topological polar surface area (TPSA) is 18.5 Å². The maximum absolute atomic E-state index is 12.6. The van der Waals surface area contributed by atoms with E-state index >= 15 is 0 Å². The molecule has 2 nitrogen and oxygen atoms in total. The predicted molar refractivity (Wildman–Crippen MR) is 74.5 cm³/mol. The van der Waals surface area contributed by atoms with Crippen molar-refractivity contribution in [3.05, 3.63) is 52.0 Å². The molecule has 2 aromatic rings. The van der Waals surface area contributed by atoms with Gasteiger partial charge in [-0.1, -0.05) is 29.3 Å². The lowest BCUT2D eigenvalue weighted by Gasteiger charge is -2.13. The second-order valence-corrected chi connectivity index (χ2v) is 4.86. The molecule has 0 heterocycles. The summed E-state index contributed by atoms with van der Waals surface area (Å²) in [6.45, 7) is 0. The summed E-state index contributed by atoms with van der Waals surface area (Å²) >= 11 is 11.6. The zero-order chi connectivity index (χ0) is 15.6. The minimum atomic E-state index is -4.53. The molecule has 0 aliphatic heterocycles. The number of alkyl halides is 3. The van der Waals surface area contributed by atoms with Gasteiger partial charge in [-0.2, -0.15) is 13.2 Å². The van der Waals surface area contributed by atoms with Crippen molar-refractivity contribution < 1.29 is 22.6 Å². The van der Waals surface area contributed by atoms with E-state index in [1.165, 1.54) is 7.11 Å². The molecule has 0 N–H and O–H groups in total. The van der Waals surface area contributed by atoms with E-state index in [1.54, 1.807) is 24.3 Å². The number of hydrogen-bond acceptors (Lipinski definition) is 2. The molecule has 0 fully saturated rings. The van der Waals surface area contributed by atoms with Crippen molar-refractivity contribution in [3.8, 4) is 17.2 Å². The van der Waals surface area contributed by atoms with Crippen LogP contribution in [0.2, 0.25) is 10.0 Å². The number of ether oxygens (including phenoxy) is 2. The fraction of sp³-hybridized carbons (Fsp3) is 0.143. The molecule has 0 bridgehead atoms. The van der Waals surface area contributed by atoms with Crippen molar-refractivity contribution in [2.75, 3.05) is 7.11 Å². The van der Waals surface area contributed by atoms with Crippen molar-refractivity contribution in [2.24, 2.45) is 0 Å². The molecule has 2 rings (SSSR count). The van der Waals surface area contributed by atoms with Crippen molar-refractivity contribution in [3.63, 3.8) is 0 Å². The molecular formula is C14H9Cl2F3O2. The van der Waals surface area contributed by atoms with E-state index in [0.29, 0.717) is 11.5 Å². The first-order chi connectivity index (χ1) is 9.81. The van der Waals surface area contributed by atoms with Gasteiger partial charge >= 0.3 is 6.18 Å². The normalized spacial score (nSPS) is 11.3. The SMILES string of the molecule is COc1cccc(Oc2c(Cl)cc(C(F)(F)F)cc2Cl)c1.